The van der Waals surface area contributed by atoms with Gasteiger partial charge in [0, 0.05) is 12.0 Å². The Labute approximate surface area is 159 Å². The first kappa shape index (κ1) is 17.8. The number of nitrogens with zero attached hydrogens (tertiary/aromatic N) is 1. The van der Waals surface area contributed by atoms with Gasteiger partial charge in [-0.15, -0.1) is 0 Å². The van der Waals surface area contributed by atoms with Crippen LogP contribution in [0.3, 0.4) is 0 Å². The molecule has 1 fully saturated rings. The summed E-state index contributed by atoms with van der Waals surface area (Å²) in [6.45, 7) is 2.47. The summed E-state index contributed by atoms with van der Waals surface area (Å²) in [5.74, 6) is 2.71. The standard InChI is InChI=1S/C23H25NO3/c1-16-21(24-23(27-16)19-6-3-2-4-7-19)14-15-26-20-12-10-18(11-13-20)22(25)17-8-5-9-17/h2-4,6-7,10-13,17,22,25H,5,8-9,14-15H2,1H3. The van der Waals surface area contributed by atoms with Crippen LogP contribution < -0.4 is 4.74 Å². The first-order valence-corrected chi connectivity index (χ1v) is 9.63. The monoisotopic (exact) mass is 363 g/mol. The molecule has 3 aromatic rings. The molecule has 4 nitrogen and oxygen atoms in total. The van der Waals surface area contributed by atoms with Crippen molar-refractivity contribution in [1.29, 1.82) is 0 Å². The highest BCUT2D eigenvalue weighted by Crippen LogP contribution is 2.37. The summed E-state index contributed by atoms with van der Waals surface area (Å²) < 4.78 is 11.6. The van der Waals surface area contributed by atoms with Crippen molar-refractivity contribution in [1.82, 2.24) is 4.98 Å². The van der Waals surface area contributed by atoms with Crippen LogP contribution in [0.4, 0.5) is 0 Å². The van der Waals surface area contributed by atoms with Gasteiger partial charge >= 0.3 is 0 Å². The summed E-state index contributed by atoms with van der Waals surface area (Å²) in [6, 6.07) is 17.7. The molecular formula is C23H25NO3. The molecule has 1 aliphatic rings. The van der Waals surface area contributed by atoms with Crippen LogP contribution in [0.5, 0.6) is 5.75 Å². The van der Waals surface area contributed by atoms with Crippen LogP contribution in [0.25, 0.3) is 11.5 Å². The number of aromatic nitrogens is 1. The average molecular weight is 363 g/mol. The molecule has 1 saturated carbocycles. The van der Waals surface area contributed by atoms with Gasteiger partial charge in [0.15, 0.2) is 0 Å². The molecule has 4 rings (SSSR count). The van der Waals surface area contributed by atoms with Gasteiger partial charge in [-0.1, -0.05) is 36.8 Å². The van der Waals surface area contributed by atoms with Gasteiger partial charge in [-0.2, -0.15) is 0 Å². The Balaban J connectivity index is 1.32. The van der Waals surface area contributed by atoms with E-state index in [9.17, 15) is 5.11 Å². The van der Waals surface area contributed by atoms with Crippen molar-refractivity contribution < 1.29 is 14.3 Å². The fourth-order valence-electron chi connectivity index (χ4n) is 3.42. The first-order valence-electron chi connectivity index (χ1n) is 9.63. The van der Waals surface area contributed by atoms with E-state index in [1.807, 2.05) is 61.5 Å². The Morgan fingerprint density at radius 2 is 1.85 bits per heavy atom. The van der Waals surface area contributed by atoms with Gasteiger partial charge in [-0.3, -0.25) is 0 Å². The average Bonchev–Trinajstić information content (AvgIpc) is 3.02. The summed E-state index contributed by atoms with van der Waals surface area (Å²) in [6.07, 6.45) is 3.83. The van der Waals surface area contributed by atoms with E-state index in [1.54, 1.807) is 0 Å². The normalized spacial score (nSPS) is 15.3. The maximum absolute atomic E-state index is 10.3. The van der Waals surface area contributed by atoms with E-state index in [0.29, 0.717) is 24.8 Å². The number of hydrogen-bond acceptors (Lipinski definition) is 4. The zero-order chi connectivity index (χ0) is 18.6. The zero-order valence-electron chi connectivity index (χ0n) is 15.6. The maximum Gasteiger partial charge on any atom is 0.226 e. The van der Waals surface area contributed by atoms with Gasteiger partial charge in [0.05, 0.1) is 18.4 Å². The molecule has 1 N–H and O–H groups in total. The van der Waals surface area contributed by atoms with E-state index in [4.69, 9.17) is 9.15 Å². The third-order valence-corrected chi connectivity index (χ3v) is 5.34. The second kappa shape index (κ2) is 7.97. The van der Waals surface area contributed by atoms with Crippen molar-refractivity contribution in [2.24, 2.45) is 5.92 Å². The molecule has 2 aromatic carbocycles. The third-order valence-electron chi connectivity index (χ3n) is 5.34. The molecule has 0 radical (unpaired) electrons. The summed E-state index contributed by atoms with van der Waals surface area (Å²) in [4.78, 5) is 4.60. The van der Waals surface area contributed by atoms with Crippen molar-refractivity contribution in [3.8, 4) is 17.2 Å². The predicted octanol–water partition coefficient (Wildman–Crippen LogP) is 5.11. The predicted molar refractivity (Wildman–Crippen MR) is 105 cm³/mol. The number of aliphatic hydroxyl groups is 1. The molecule has 1 aliphatic carbocycles. The number of benzene rings is 2. The summed E-state index contributed by atoms with van der Waals surface area (Å²) >= 11 is 0. The van der Waals surface area contributed by atoms with E-state index >= 15 is 0 Å². The minimum Gasteiger partial charge on any atom is -0.493 e. The molecule has 0 saturated heterocycles. The molecule has 4 heteroatoms. The zero-order valence-corrected chi connectivity index (χ0v) is 15.6. The highest BCUT2D eigenvalue weighted by Gasteiger charge is 2.26. The lowest BCUT2D eigenvalue weighted by Crippen LogP contribution is -2.19. The third kappa shape index (κ3) is 4.06. The molecule has 1 unspecified atom stereocenters. The smallest absolute Gasteiger partial charge is 0.226 e. The number of aryl methyl sites for hydroxylation is 1. The number of oxazole rings is 1. The Bertz CT molecular complexity index is 866. The van der Waals surface area contributed by atoms with Gasteiger partial charge < -0.3 is 14.3 Å². The fourth-order valence-corrected chi connectivity index (χ4v) is 3.42. The van der Waals surface area contributed by atoms with E-state index in [1.165, 1.54) is 6.42 Å². The van der Waals surface area contributed by atoms with E-state index in [0.717, 1.165) is 41.2 Å². The van der Waals surface area contributed by atoms with Crippen LogP contribution in [0.15, 0.2) is 59.0 Å². The topological polar surface area (TPSA) is 55.5 Å². The molecule has 0 amide bonds. The highest BCUT2D eigenvalue weighted by atomic mass is 16.5. The number of hydrogen-bond donors (Lipinski definition) is 1. The molecule has 140 valence electrons. The SMILES string of the molecule is Cc1oc(-c2ccccc2)nc1CCOc1ccc(C(O)C2CCC2)cc1. The lowest BCUT2D eigenvalue weighted by molar-refractivity contribution is 0.0620. The van der Waals surface area contributed by atoms with Crippen LogP contribution in [-0.2, 0) is 6.42 Å². The van der Waals surface area contributed by atoms with Crippen molar-refractivity contribution in [3.05, 3.63) is 71.6 Å². The number of ether oxygens (including phenoxy) is 1. The molecule has 0 aliphatic heterocycles. The fraction of sp³-hybridized carbons (Fsp3) is 0.348. The maximum atomic E-state index is 10.3. The molecule has 0 bridgehead atoms. The van der Waals surface area contributed by atoms with Crippen LogP contribution in [-0.4, -0.2) is 16.7 Å². The lowest BCUT2D eigenvalue weighted by Gasteiger charge is -2.30. The number of aliphatic hydroxyl groups excluding tert-OH is 1. The van der Waals surface area contributed by atoms with Gasteiger partial charge in [-0.25, -0.2) is 4.98 Å². The Hall–Kier alpha value is -2.59. The minimum atomic E-state index is -0.345. The van der Waals surface area contributed by atoms with Crippen LogP contribution in [0, 0.1) is 12.8 Å². The summed E-state index contributed by atoms with van der Waals surface area (Å²) in [7, 11) is 0. The van der Waals surface area contributed by atoms with Gasteiger partial charge in [0.25, 0.3) is 0 Å². The van der Waals surface area contributed by atoms with Crippen molar-refractivity contribution in [2.45, 2.75) is 38.7 Å². The summed E-state index contributed by atoms with van der Waals surface area (Å²) in [5, 5.41) is 10.3. The largest absolute Gasteiger partial charge is 0.493 e. The quantitative estimate of drug-likeness (QED) is 0.634. The van der Waals surface area contributed by atoms with E-state index in [-0.39, 0.29) is 6.10 Å². The van der Waals surface area contributed by atoms with Gasteiger partial charge in [0.2, 0.25) is 5.89 Å². The van der Waals surface area contributed by atoms with E-state index < -0.39 is 0 Å². The second-order valence-corrected chi connectivity index (χ2v) is 7.19. The lowest BCUT2D eigenvalue weighted by atomic mass is 9.79. The van der Waals surface area contributed by atoms with E-state index in [2.05, 4.69) is 4.98 Å². The minimum absolute atomic E-state index is 0.345. The molecular weight excluding hydrogens is 338 g/mol. The molecule has 27 heavy (non-hydrogen) atoms. The molecule has 1 aromatic heterocycles. The second-order valence-electron chi connectivity index (χ2n) is 7.19. The molecule has 1 heterocycles. The Kier molecular flexibility index (Phi) is 5.26. The van der Waals surface area contributed by atoms with Crippen molar-refractivity contribution >= 4 is 0 Å². The Morgan fingerprint density at radius 3 is 2.52 bits per heavy atom. The summed E-state index contributed by atoms with van der Waals surface area (Å²) in [5.41, 5.74) is 2.88. The molecule has 1 atom stereocenters. The van der Waals surface area contributed by atoms with Crippen LogP contribution in [0.2, 0.25) is 0 Å². The highest BCUT2D eigenvalue weighted by molar-refractivity contribution is 5.53. The van der Waals surface area contributed by atoms with Gasteiger partial charge in [-0.05, 0) is 55.5 Å². The Morgan fingerprint density at radius 1 is 1.11 bits per heavy atom. The van der Waals surface area contributed by atoms with Crippen LogP contribution >= 0.6 is 0 Å². The molecule has 0 spiro atoms. The van der Waals surface area contributed by atoms with Crippen molar-refractivity contribution in [2.75, 3.05) is 6.61 Å². The van der Waals surface area contributed by atoms with Gasteiger partial charge in [0.1, 0.15) is 11.5 Å². The van der Waals surface area contributed by atoms with Crippen LogP contribution in [0.1, 0.15) is 42.4 Å². The first-order chi connectivity index (χ1) is 13.2. The van der Waals surface area contributed by atoms with Crippen molar-refractivity contribution in [3.63, 3.8) is 0 Å². The number of rotatable bonds is 7.